The van der Waals surface area contributed by atoms with Crippen molar-refractivity contribution in [3.8, 4) is 0 Å². The third-order valence-electron chi connectivity index (χ3n) is 5.83. The van der Waals surface area contributed by atoms with Gasteiger partial charge in [-0.1, -0.05) is 0 Å². The van der Waals surface area contributed by atoms with Gasteiger partial charge in [0.25, 0.3) is 0 Å². The molecular weight excluding hydrogens is 378 g/mol. The number of rotatable bonds is 6. The van der Waals surface area contributed by atoms with Crippen molar-refractivity contribution < 1.29 is 4.42 Å². The molecule has 0 aromatic carbocycles. The molecule has 2 aliphatic heterocycles. The second-order valence-electron chi connectivity index (χ2n) is 7.92. The molecule has 0 spiro atoms. The Bertz CT molecular complexity index is 808. The summed E-state index contributed by atoms with van der Waals surface area (Å²) in [5.74, 6) is 3.78. The molecule has 2 aromatic rings. The van der Waals surface area contributed by atoms with Gasteiger partial charge < -0.3 is 19.5 Å². The molecule has 1 unspecified atom stereocenters. The number of aryl methyl sites for hydroxylation is 1. The van der Waals surface area contributed by atoms with Gasteiger partial charge in [-0.25, -0.2) is 9.97 Å². The monoisotopic (exact) mass is 411 g/mol. The number of hydrogen-bond donors (Lipinski definition) is 1. The van der Waals surface area contributed by atoms with Gasteiger partial charge in [0.1, 0.15) is 11.5 Å². The van der Waals surface area contributed by atoms with Gasteiger partial charge in [-0.2, -0.15) is 0 Å². The molecule has 162 valence electrons. The number of aromatic nitrogens is 2. The molecule has 2 fully saturated rings. The van der Waals surface area contributed by atoms with E-state index in [2.05, 4.69) is 49.0 Å². The molecule has 8 heteroatoms. The van der Waals surface area contributed by atoms with Crippen molar-refractivity contribution in [1.29, 1.82) is 0 Å². The summed E-state index contributed by atoms with van der Waals surface area (Å²) < 4.78 is 5.99. The Morgan fingerprint density at radius 3 is 2.47 bits per heavy atom. The molecule has 8 nitrogen and oxygen atoms in total. The van der Waals surface area contributed by atoms with E-state index in [1.807, 2.05) is 13.0 Å². The maximum atomic E-state index is 5.99. The number of guanidine groups is 1. The van der Waals surface area contributed by atoms with Crippen molar-refractivity contribution in [3.05, 3.63) is 42.1 Å². The molecule has 4 heterocycles. The quantitative estimate of drug-likeness (QED) is 0.578. The summed E-state index contributed by atoms with van der Waals surface area (Å²) in [6, 6.07) is 6.22. The van der Waals surface area contributed by atoms with Gasteiger partial charge in [0, 0.05) is 45.1 Å². The number of piperazine rings is 1. The SMILES string of the molecule is CCNC(=NCC(c1ccc(C)o1)N1CCCC1)N1CCN(c2ncccn2)CC1. The first-order valence-corrected chi connectivity index (χ1v) is 11.1. The minimum absolute atomic E-state index is 0.203. The normalized spacial score (nSPS) is 19.3. The maximum absolute atomic E-state index is 5.99. The zero-order chi connectivity index (χ0) is 20.8. The van der Waals surface area contributed by atoms with Crippen LogP contribution in [-0.2, 0) is 0 Å². The Morgan fingerprint density at radius 1 is 1.10 bits per heavy atom. The minimum Gasteiger partial charge on any atom is -0.465 e. The minimum atomic E-state index is 0.203. The smallest absolute Gasteiger partial charge is 0.225 e. The fourth-order valence-electron chi connectivity index (χ4n) is 4.24. The third-order valence-corrected chi connectivity index (χ3v) is 5.83. The van der Waals surface area contributed by atoms with Gasteiger partial charge in [0.05, 0.1) is 12.6 Å². The van der Waals surface area contributed by atoms with Crippen molar-refractivity contribution in [2.24, 2.45) is 4.99 Å². The largest absolute Gasteiger partial charge is 0.465 e. The van der Waals surface area contributed by atoms with Gasteiger partial charge in [-0.15, -0.1) is 0 Å². The van der Waals surface area contributed by atoms with E-state index in [1.54, 1.807) is 12.4 Å². The van der Waals surface area contributed by atoms with Crippen molar-refractivity contribution in [1.82, 2.24) is 25.1 Å². The molecule has 4 rings (SSSR count). The Labute approximate surface area is 179 Å². The van der Waals surface area contributed by atoms with E-state index in [0.717, 1.165) is 69.2 Å². The van der Waals surface area contributed by atoms with Gasteiger partial charge in [-0.3, -0.25) is 9.89 Å². The highest BCUT2D eigenvalue weighted by Crippen LogP contribution is 2.27. The van der Waals surface area contributed by atoms with Crippen molar-refractivity contribution in [3.63, 3.8) is 0 Å². The molecule has 2 saturated heterocycles. The van der Waals surface area contributed by atoms with Crippen LogP contribution in [0.3, 0.4) is 0 Å². The highest BCUT2D eigenvalue weighted by molar-refractivity contribution is 5.80. The maximum Gasteiger partial charge on any atom is 0.225 e. The van der Waals surface area contributed by atoms with Crippen LogP contribution in [0.4, 0.5) is 5.95 Å². The molecule has 0 bridgehead atoms. The molecule has 1 N–H and O–H groups in total. The summed E-state index contributed by atoms with van der Waals surface area (Å²) in [4.78, 5) is 20.9. The van der Waals surface area contributed by atoms with Crippen LogP contribution in [0.25, 0.3) is 0 Å². The van der Waals surface area contributed by atoms with Crippen molar-refractivity contribution in [2.45, 2.75) is 32.7 Å². The van der Waals surface area contributed by atoms with E-state index in [9.17, 15) is 0 Å². The Balaban J connectivity index is 1.43. The summed E-state index contributed by atoms with van der Waals surface area (Å²) >= 11 is 0. The van der Waals surface area contributed by atoms with E-state index >= 15 is 0 Å². The standard InChI is InChI=1S/C22H33N7O/c1-3-23-21(28-13-15-29(16-14-28)22-24-9-6-10-25-22)26-17-19(27-11-4-5-12-27)20-8-7-18(2)30-20/h6-10,19H,3-5,11-17H2,1-2H3,(H,23,26). The summed E-state index contributed by atoms with van der Waals surface area (Å²) in [6.45, 7) is 11.5. The average molecular weight is 412 g/mol. The molecule has 0 aliphatic carbocycles. The van der Waals surface area contributed by atoms with E-state index < -0.39 is 0 Å². The molecule has 0 amide bonds. The van der Waals surface area contributed by atoms with E-state index in [0.29, 0.717) is 6.54 Å². The highest BCUT2D eigenvalue weighted by atomic mass is 16.3. The lowest BCUT2D eigenvalue weighted by atomic mass is 10.2. The molecule has 2 aromatic heterocycles. The van der Waals surface area contributed by atoms with E-state index in [-0.39, 0.29) is 6.04 Å². The number of furan rings is 1. The van der Waals surface area contributed by atoms with Gasteiger partial charge >= 0.3 is 0 Å². The molecule has 2 aliphatic rings. The molecule has 0 saturated carbocycles. The number of anilines is 1. The number of nitrogens with zero attached hydrogens (tertiary/aromatic N) is 6. The average Bonchev–Trinajstić information content (AvgIpc) is 3.46. The second-order valence-corrected chi connectivity index (χ2v) is 7.92. The fraction of sp³-hybridized carbons (Fsp3) is 0.591. The van der Waals surface area contributed by atoms with E-state index in [1.165, 1.54) is 12.8 Å². The number of nitrogens with one attached hydrogen (secondary N) is 1. The zero-order valence-electron chi connectivity index (χ0n) is 18.1. The Morgan fingerprint density at radius 2 is 1.83 bits per heavy atom. The van der Waals surface area contributed by atoms with Crippen molar-refractivity contribution >= 4 is 11.9 Å². The number of likely N-dealkylation sites (tertiary alicyclic amines) is 1. The first-order chi connectivity index (χ1) is 14.7. The lowest BCUT2D eigenvalue weighted by Crippen LogP contribution is -2.53. The predicted molar refractivity (Wildman–Crippen MR) is 119 cm³/mol. The zero-order valence-corrected chi connectivity index (χ0v) is 18.1. The van der Waals surface area contributed by atoms with Crippen LogP contribution in [0.15, 0.2) is 40.0 Å². The summed E-state index contributed by atoms with van der Waals surface area (Å²) in [5.41, 5.74) is 0. The van der Waals surface area contributed by atoms with Crippen LogP contribution in [0.5, 0.6) is 0 Å². The molecule has 0 radical (unpaired) electrons. The predicted octanol–water partition coefficient (Wildman–Crippen LogP) is 2.30. The van der Waals surface area contributed by atoms with Crippen LogP contribution < -0.4 is 10.2 Å². The molecule has 1 atom stereocenters. The van der Waals surface area contributed by atoms with Crippen LogP contribution >= 0.6 is 0 Å². The van der Waals surface area contributed by atoms with Crippen LogP contribution in [0, 0.1) is 6.92 Å². The van der Waals surface area contributed by atoms with Crippen molar-refractivity contribution in [2.75, 3.05) is 57.3 Å². The van der Waals surface area contributed by atoms with E-state index in [4.69, 9.17) is 9.41 Å². The van der Waals surface area contributed by atoms with Crippen LogP contribution in [0.1, 0.15) is 37.3 Å². The fourth-order valence-corrected chi connectivity index (χ4v) is 4.24. The highest BCUT2D eigenvalue weighted by Gasteiger charge is 2.27. The van der Waals surface area contributed by atoms with Gasteiger partial charge in [0.15, 0.2) is 5.96 Å². The molecule has 30 heavy (non-hydrogen) atoms. The number of aliphatic imine (C=N–C) groups is 1. The third kappa shape index (κ3) is 4.92. The second kappa shape index (κ2) is 9.93. The van der Waals surface area contributed by atoms with Crippen LogP contribution in [-0.4, -0.2) is 78.1 Å². The lowest BCUT2D eigenvalue weighted by Gasteiger charge is -2.36. The summed E-state index contributed by atoms with van der Waals surface area (Å²) in [6.07, 6.45) is 6.11. The van der Waals surface area contributed by atoms with Gasteiger partial charge in [0.2, 0.25) is 5.95 Å². The summed E-state index contributed by atoms with van der Waals surface area (Å²) in [5, 5.41) is 3.49. The Kier molecular flexibility index (Phi) is 6.84. The molecular formula is C22H33N7O. The number of hydrogen-bond acceptors (Lipinski definition) is 6. The van der Waals surface area contributed by atoms with Gasteiger partial charge in [-0.05, 0) is 58.0 Å². The summed E-state index contributed by atoms with van der Waals surface area (Å²) in [7, 11) is 0. The lowest BCUT2D eigenvalue weighted by molar-refractivity contribution is 0.218. The topological polar surface area (TPSA) is 73.0 Å². The van der Waals surface area contributed by atoms with Crippen LogP contribution in [0.2, 0.25) is 0 Å². The first kappa shape index (κ1) is 20.7. The Hall–Kier alpha value is -2.61. The first-order valence-electron chi connectivity index (χ1n) is 11.1.